The molecule has 0 aromatic heterocycles. The van der Waals surface area contributed by atoms with Crippen LogP contribution in [0, 0.1) is 24.1 Å². The first-order valence-electron chi connectivity index (χ1n) is 11.4. The van der Waals surface area contributed by atoms with Gasteiger partial charge in [-0.15, -0.1) is 0 Å². The third kappa shape index (κ3) is 4.14. The van der Waals surface area contributed by atoms with Gasteiger partial charge in [0.2, 0.25) is 5.91 Å². The smallest absolute Gasteiger partial charge is 0.302 e. The SMILES string of the molecule is [C-]#[N+][C@@H]1C[C@@]2(CN1C(=O)[C@H](CC(C)C)N(C)C(=O)c1ccc(F)c(F)c1)C(=O)Nc1ccccc12. The molecule has 0 bridgehead atoms. The second kappa shape index (κ2) is 9.10. The maximum Gasteiger partial charge on any atom is 0.302 e. The van der Waals surface area contributed by atoms with Crippen molar-refractivity contribution in [3.05, 3.63) is 76.6 Å². The van der Waals surface area contributed by atoms with Crippen molar-refractivity contribution < 1.29 is 23.2 Å². The van der Waals surface area contributed by atoms with Crippen molar-refractivity contribution in [1.82, 2.24) is 9.80 Å². The number of nitrogens with zero attached hydrogens (tertiary/aromatic N) is 3. The number of nitrogens with one attached hydrogen (secondary N) is 1. The Bertz CT molecular complexity index is 1240. The topological polar surface area (TPSA) is 74.1 Å². The summed E-state index contributed by atoms with van der Waals surface area (Å²) in [5, 5.41) is 2.86. The highest BCUT2D eigenvalue weighted by Gasteiger charge is 2.59. The summed E-state index contributed by atoms with van der Waals surface area (Å²) in [6.07, 6.45) is -0.428. The Balaban J connectivity index is 1.66. The van der Waals surface area contributed by atoms with Crippen LogP contribution in [-0.2, 0) is 15.0 Å². The van der Waals surface area contributed by atoms with E-state index in [0.29, 0.717) is 12.1 Å². The van der Waals surface area contributed by atoms with Crippen molar-refractivity contribution in [2.24, 2.45) is 5.92 Å². The second-order valence-corrected chi connectivity index (χ2v) is 9.55. The summed E-state index contributed by atoms with van der Waals surface area (Å²) in [5.41, 5.74) is 0.295. The van der Waals surface area contributed by atoms with Gasteiger partial charge in [-0.3, -0.25) is 24.1 Å². The molecule has 2 aliphatic heterocycles. The number of hydrogen-bond donors (Lipinski definition) is 1. The van der Waals surface area contributed by atoms with Gasteiger partial charge in [0.1, 0.15) is 11.5 Å². The van der Waals surface area contributed by atoms with Gasteiger partial charge in [-0.25, -0.2) is 15.4 Å². The van der Waals surface area contributed by atoms with Gasteiger partial charge in [0.05, 0.1) is 6.42 Å². The third-order valence-electron chi connectivity index (χ3n) is 6.82. The minimum atomic E-state index is -1.16. The Labute approximate surface area is 202 Å². The minimum Gasteiger partial charge on any atom is -0.330 e. The highest BCUT2D eigenvalue weighted by atomic mass is 19.2. The molecule has 4 rings (SSSR count). The van der Waals surface area contributed by atoms with Crippen LogP contribution < -0.4 is 5.32 Å². The number of para-hydroxylation sites is 1. The van der Waals surface area contributed by atoms with Crippen LogP contribution in [0.2, 0.25) is 0 Å². The maximum absolute atomic E-state index is 13.8. The summed E-state index contributed by atoms with van der Waals surface area (Å²) in [6, 6.07) is 9.12. The van der Waals surface area contributed by atoms with Crippen LogP contribution in [0.1, 0.15) is 42.6 Å². The van der Waals surface area contributed by atoms with Gasteiger partial charge < -0.3 is 10.2 Å². The number of hydrogen-bond acceptors (Lipinski definition) is 3. The lowest BCUT2D eigenvalue weighted by atomic mass is 9.80. The monoisotopic (exact) mass is 480 g/mol. The predicted molar refractivity (Wildman–Crippen MR) is 125 cm³/mol. The number of halogens is 2. The molecule has 182 valence electrons. The van der Waals surface area contributed by atoms with Crippen LogP contribution in [0.5, 0.6) is 0 Å². The van der Waals surface area contributed by atoms with Crippen LogP contribution in [0.25, 0.3) is 4.85 Å². The lowest BCUT2D eigenvalue weighted by Crippen LogP contribution is -2.51. The third-order valence-corrected chi connectivity index (χ3v) is 6.82. The number of carbonyl (C=O) groups is 3. The van der Waals surface area contributed by atoms with E-state index in [1.165, 1.54) is 22.9 Å². The van der Waals surface area contributed by atoms with Crippen LogP contribution in [-0.4, -0.2) is 53.3 Å². The number of likely N-dealkylation sites (tertiary alicyclic amines) is 1. The zero-order valence-electron chi connectivity index (χ0n) is 19.7. The number of fused-ring (bicyclic) bond motifs is 2. The van der Waals surface area contributed by atoms with E-state index in [0.717, 1.165) is 17.7 Å². The molecular formula is C26H26F2N4O3. The zero-order valence-corrected chi connectivity index (χ0v) is 19.7. The van der Waals surface area contributed by atoms with Gasteiger partial charge in [-0.05, 0) is 42.2 Å². The fourth-order valence-electron chi connectivity index (χ4n) is 4.99. The van der Waals surface area contributed by atoms with Crippen molar-refractivity contribution in [2.75, 3.05) is 18.9 Å². The standard InChI is InChI=1S/C26H26F2N4O3/c1-15(2)11-21(31(4)23(33)16-9-10-18(27)19(28)12-16)24(34)32-14-26(13-22(32)29-3)17-7-5-6-8-20(17)30-25(26)35/h5-10,12,15,21-22H,11,13-14H2,1-2,4H3,(H,30,35)/t21-,22-,26-/m0/s1. The molecule has 3 atom stereocenters. The fraction of sp³-hybridized carbons (Fsp3) is 0.385. The Morgan fingerprint density at radius 1 is 1.23 bits per heavy atom. The molecule has 35 heavy (non-hydrogen) atoms. The molecule has 3 amide bonds. The Hall–Kier alpha value is -3.80. The zero-order chi connectivity index (χ0) is 25.5. The highest BCUT2D eigenvalue weighted by Crippen LogP contribution is 2.47. The number of likely N-dealkylation sites (N-methyl/N-ethyl adjacent to an activating group) is 1. The quantitative estimate of drug-likeness (QED) is 0.662. The largest absolute Gasteiger partial charge is 0.330 e. The Kier molecular flexibility index (Phi) is 6.32. The van der Waals surface area contributed by atoms with Gasteiger partial charge in [0, 0.05) is 24.8 Å². The molecule has 7 nitrogen and oxygen atoms in total. The molecule has 0 unspecified atom stereocenters. The number of rotatable bonds is 5. The van der Waals surface area contributed by atoms with Crippen molar-refractivity contribution in [3.8, 4) is 0 Å². The van der Waals surface area contributed by atoms with Crippen LogP contribution in [0.15, 0.2) is 42.5 Å². The number of anilines is 1. The van der Waals surface area contributed by atoms with Gasteiger partial charge >= 0.3 is 6.17 Å². The van der Waals surface area contributed by atoms with Crippen molar-refractivity contribution in [2.45, 2.75) is 44.3 Å². The van der Waals surface area contributed by atoms with E-state index >= 15 is 0 Å². The molecule has 0 radical (unpaired) electrons. The normalized spacial score (nSPS) is 21.6. The molecule has 0 aliphatic carbocycles. The molecule has 2 aromatic rings. The average molecular weight is 481 g/mol. The predicted octanol–water partition coefficient (Wildman–Crippen LogP) is 3.82. The number of amides is 3. The highest BCUT2D eigenvalue weighted by molar-refractivity contribution is 6.07. The number of carbonyl (C=O) groups excluding carboxylic acids is 3. The molecule has 1 spiro atoms. The van der Waals surface area contributed by atoms with E-state index < -0.39 is 41.1 Å². The Morgan fingerprint density at radius 2 is 1.94 bits per heavy atom. The van der Waals surface area contributed by atoms with Crippen LogP contribution >= 0.6 is 0 Å². The summed E-state index contributed by atoms with van der Waals surface area (Å²) < 4.78 is 27.1. The van der Waals surface area contributed by atoms with Gasteiger partial charge in [0.25, 0.3) is 11.8 Å². The Morgan fingerprint density at radius 3 is 2.60 bits per heavy atom. The van der Waals surface area contributed by atoms with E-state index in [-0.39, 0.29) is 30.4 Å². The molecule has 2 aliphatic rings. The van der Waals surface area contributed by atoms with Gasteiger partial charge in [-0.1, -0.05) is 32.0 Å². The minimum absolute atomic E-state index is 0.0163. The lowest BCUT2D eigenvalue weighted by molar-refractivity contribution is -0.136. The summed E-state index contributed by atoms with van der Waals surface area (Å²) >= 11 is 0. The van der Waals surface area contributed by atoms with E-state index in [1.807, 2.05) is 26.0 Å². The van der Waals surface area contributed by atoms with E-state index in [2.05, 4.69) is 10.2 Å². The van der Waals surface area contributed by atoms with Crippen LogP contribution in [0.4, 0.5) is 14.5 Å². The van der Waals surface area contributed by atoms with E-state index in [1.54, 1.807) is 12.1 Å². The van der Waals surface area contributed by atoms with E-state index in [4.69, 9.17) is 6.57 Å². The summed E-state index contributed by atoms with van der Waals surface area (Å²) in [5.74, 6) is -3.56. The number of benzene rings is 2. The first-order valence-corrected chi connectivity index (χ1v) is 11.4. The summed E-state index contributed by atoms with van der Waals surface area (Å²) in [7, 11) is 1.44. The molecule has 0 saturated carbocycles. The van der Waals surface area contributed by atoms with Crippen molar-refractivity contribution in [3.63, 3.8) is 0 Å². The molecule has 9 heteroatoms. The molecule has 1 N–H and O–H groups in total. The van der Waals surface area contributed by atoms with Crippen LogP contribution in [0.3, 0.4) is 0 Å². The maximum atomic E-state index is 13.8. The van der Waals surface area contributed by atoms with Gasteiger partial charge in [0.15, 0.2) is 11.6 Å². The molecule has 1 fully saturated rings. The average Bonchev–Trinajstić information content (AvgIpc) is 3.36. The molecule has 2 heterocycles. The van der Waals surface area contributed by atoms with Crippen molar-refractivity contribution >= 4 is 23.4 Å². The first-order chi connectivity index (χ1) is 16.6. The van der Waals surface area contributed by atoms with Gasteiger partial charge in [-0.2, -0.15) is 0 Å². The summed E-state index contributed by atoms with van der Waals surface area (Å²) in [6.45, 7) is 11.5. The fourth-order valence-corrected chi connectivity index (χ4v) is 4.99. The van der Waals surface area contributed by atoms with E-state index in [9.17, 15) is 23.2 Å². The molecule has 1 saturated heterocycles. The lowest BCUT2D eigenvalue weighted by Gasteiger charge is -2.32. The first kappa shape index (κ1) is 24.3. The van der Waals surface area contributed by atoms with Crippen molar-refractivity contribution in [1.29, 1.82) is 0 Å². The molecule has 2 aromatic carbocycles. The molecular weight excluding hydrogens is 454 g/mol. The summed E-state index contributed by atoms with van der Waals surface area (Å²) in [4.78, 5) is 46.2. The second-order valence-electron chi connectivity index (χ2n) is 9.55.